The first-order valence-corrected chi connectivity index (χ1v) is 8.24. The zero-order valence-corrected chi connectivity index (χ0v) is 13.2. The Hall–Kier alpha value is -0.730. The van der Waals surface area contributed by atoms with Crippen molar-refractivity contribution >= 4 is 11.6 Å². The monoisotopic (exact) mass is 293 g/mol. The molecule has 0 saturated heterocycles. The van der Waals surface area contributed by atoms with Crippen molar-refractivity contribution in [3.8, 4) is 5.75 Å². The zero-order chi connectivity index (χ0) is 14.2. The first kappa shape index (κ1) is 14.2. The van der Waals surface area contributed by atoms with Gasteiger partial charge < -0.3 is 10.1 Å². The van der Waals surface area contributed by atoms with Crippen LogP contribution in [0, 0.1) is 5.92 Å². The highest BCUT2D eigenvalue weighted by Crippen LogP contribution is 2.48. The van der Waals surface area contributed by atoms with Crippen LogP contribution in [0.25, 0.3) is 0 Å². The van der Waals surface area contributed by atoms with Crippen molar-refractivity contribution < 1.29 is 4.74 Å². The number of halogens is 1. The van der Waals surface area contributed by atoms with E-state index in [4.69, 9.17) is 16.3 Å². The van der Waals surface area contributed by atoms with Gasteiger partial charge in [-0.3, -0.25) is 0 Å². The summed E-state index contributed by atoms with van der Waals surface area (Å²) in [5.74, 6) is 1.65. The molecule has 3 unspecified atom stereocenters. The van der Waals surface area contributed by atoms with Crippen LogP contribution >= 0.6 is 11.6 Å². The molecule has 0 radical (unpaired) electrons. The molecule has 1 fully saturated rings. The lowest BCUT2D eigenvalue weighted by molar-refractivity contribution is -0.0442. The summed E-state index contributed by atoms with van der Waals surface area (Å²) in [4.78, 5) is 0. The average Bonchev–Trinajstić information content (AvgIpc) is 2.44. The second kappa shape index (κ2) is 5.57. The third-order valence-corrected chi connectivity index (χ3v) is 5.28. The standard InChI is InChI=1S/C17H24ClNO/c1-3-19-15-11-17(9-5-4-6-12(17)2)20-16-8-7-13(18)10-14(15)16/h7-8,10,12,15,19H,3-6,9,11H2,1-2H3. The molecule has 0 amide bonds. The molecule has 2 aliphatic rings. The van der Waals surface area contributed by atoms with Crippen LogP contribution < -0.4 is 10.1 Å². The number of nitrogens with one attached hydrogen (secondary N) is 1. The summed E-state index contributed by atoms with van der Waals surface area (Å²) in [6, 6.07) is 6.41. The molecule has 0 bridgehead atoms. The summed E-state index contributed by atoms with van der Waals surface area (Å²) >= 11 is 6.16. The molecule has 0 aromatic heterocycles. The van der Waals surface area contributed by atoms with Crippen LogP contribution in [0.4, 0.5) is 0 Å². The number of ether oxygens (including phenoxy) is 1. The van der Waals surface area contributed by atoms with Gasteiger partial charge in [0.2, 0.25) is 0 Å². The first-order valence-electron chi connectivity index (χ1n) is 7.86. The minimum Gasteiger partial charge on any atom is -0.487 e. The van der Waals surface area contributed by atoms with Gasteiger partial charge in [-0.2, -0.15) is 0 Å². The summed E-state index contributed by atoms with van der Waals surface area (Å²) in [6.45, 7) is 5.49. The fourth-order valence-corrected chi connectivity index (χ4v) is 4.05. The van der Waals surface area contributed by atoms with E-state index in [-0.39, 0.29) is 5.60 Å². The molecule has 110 valence electrons. The highest BCUT2D eigenvalue weighted by Gasteiger charge is 2.45. The van der Waals surface area contributed by atoms with Crippen LogP contribution in [0.5, 0.6) is 5.75 Å². The molecule has 1 spiro atoms. The normalized spacial score (nSPS) is 32.8. The Morgan fingerprint density at radius 3 is 3.00 bits per heavy atom. The molecule has 1 aliphatic heterocycles. The molecule has 1 saturated carbocycles. The van der Waals surface area contributed by atoms with E-state index in [0.29, 0.717) is 12.0 Å². The molecule has 1 N–H and O–H groups in total. The maximum Gasteiger partial charge on any atom is 0.125 e. The number of benzene rings is 1. The van der Waals surface area contributed by atoms with Gasteiger partial charge in [0.25, 0.3) is 0 Å². The Morgan fingerprint density at radius 2 is 2.25 bits per heavy atom. The van der Waals surface area contributed by atoms with E-state index in [9.17, 15) is 0 Å². The van der Waals surface area contributed by atoms with E-state index in [0.717, 1.165) is 23.7 Å². The van der Waals surface area contributed by atoms with Crippen molar-refractivity contribution in [3.05, 3.63) is 28.8 Å². The zero-order valence-electron chi connectivity index (χ0n) is 12.4. The van der Waals surface area contributed by atoms with Gasteiger partial charge in [0.1, 0.15) is 11.4 Å². The van der Waals surface area contributed by atoms with Crippen LogP contribution in [-0.4, -0.2) is 12.1 Å². The van der Waals surface area contributed by atoms with Crippen molar-refractivity contribution in [1.29, 1.82) is 0 Å². The predicted octanol–water partition coefficient (Wildman–Crippen LogP) is 4.72. The quantitative estimate of drug-likeness (QED) is 0.852. The summed E-state index contributed by atoms with van der Waals surface area (Å²) in [7, 11) is 0. The first-order chi connectivity index (χ1) is 9.64. The molecule has 3 rings (SSSR count). The molecule has 1 aromatic rings. The Kier molecular flexibility index (Phi) is 3.96. The third-order valence-electron chi connectivity index (χ3n) is 5.05. The molecule has 3 atom stereocenters. The van der Waals surface area contributed by atoms with Crippen LogP contribution in [0.1, 0.15) is 57.6 Å². The average molecular weight is 294 g/mol. The summed E-state index contributed by atoms with van der Waals surface area (Å²) in [6.07, 6.45) is 6.15. The van der Waals surface area contributed by atoms with Crippen molar-refractivity contribution in [2.75, 3.05) is 6.54 Å². The molecule has 2 nitrogen and oxygen atoms in total. The minimum absolute atomic E-state index is 0.0198. The van der Waals surface area contributed by atoms with Gasteiger partial charge in [0, 0.05) is 23.0 Å². The lowest BCUT2D eigenvalue weighted by Crippen LogP contribution is -2.50. The molecule has 20 heavy (non-hydrogen) atoms. The number of hydrogen-bond acceptors (Lipinski definition) is 2. The van der Waals surface area contributed by atoms with E-state index in [1.807, 2.05) is 12.1 Å². The van der Waals surface area contributed by atoms with Gasteiger partial charge in [-0.05, 0) is 49.9 Å². The lowest BCUT2D eigenvalue weighted by Gasteiger charge is -2.48. The number of fused-ring (bicyclic) bond motifs is 1. The lowest BCUT2D eigenvalue weighted by atomic mass is 9.71. The Bertz CT molecular complexity index is 490. The van der Waals surface area contributed by atoms with Gasteiger partial charge in [-0.25, -0.2) is 0 Å². The summed E-state index contributed by atoms with van der Waals surface area (Å²) in [5.41, 5.74) is 1.24. The topological polar surface area (TPSA) is 21.3 Å². The maximum atomic E-state index is 6.51. The van der Waals surface area contributed by atoms with Gasteiger partial charge in [-0.1, -0.05) is 31.9 Å². The Morgan fingerprint density at radius 1 is 1.40 bits per heavy atom. The van der Waals surface area contributed by atoms with Crippen LogP contribution in [-0.2, 0) is 0 Å². The molecule has 1 heterocycles. The molecular formula is C17H24ClNO. The minimum atomic E-state index is 0.0198. The SMILES string of the molecule is CCNC1CC2(CCCCC2C)Oc2ccc(Cl)cc21. The van der Waals surface area contributed by atoms with Gasteiger partial charge in [0.15, 0.2) is 0 Å². The molecule has 1 aliphatic carbocycles. The fraction of sp³-hybridized carbons (Fsp3) is 0.647. The van der Waals surface area contributed by atoms with E-state index < -0.39 is 0 Å². The van der Waals surface area contributed by atoms with Crippen molar-refractivity contribution in [2.24, 2.45) is 5.92 Å². The van der Waals surface area contributed by atoms with Crippen molar-refractivity contribution in [3.63, 3.8) is 0 Å². The smallest absolute Gasteiger partial charge is 0.125 e. The second-order valence-electron chi connectivity index (χ2n) is 6.31. The molecule has 3 heteroatoms. The van der Waals surface area contributed by atoms with E-state index >= 15 is 0 Å². The summed E-state index contributed by atoms with van der Waals surface area (Å²) in [5, 5.41) is 4.42. The van der Waals surface area contributed by atoms with Gasteiger partial charge in [-0.15, -0.1) is 0 Å². The maximum absolute atomic E-state index is 6.51. The predicted molar refractivity (Wildman–Crippen MR) is 83.5 cm³/mol. The van der Waals surface area contributed by atoms with E-state index in [2.05, 4.69) is 25.2 Å². The van der Waals surface area contributed by atoms with Crippen molar-refractivity contribution in [1.82, 2.24) is 5.32 Å². The summed E-state index contributed by atoms with van der Waals surface area (Å²) < 4.78 is 6.51. The largest absolute Gasteiger partial charge is 0.487 e. The molecule has 1 aromatic carbocycles. The number of rotatable bonds is 2. The number of hydrogen-bond donors (Lipinski definition) is 1. The van der Waals surface area contributed by atoms with Crippen LogP contribution in [0.2, 0.25) is 5.02 Å². The fourth-order valence-electron chi connectivity index (χ4n) is 3.87. The van der Waals surface area contributed by atoms with Gasteiger partial charge >= 0.3 is 0 Å². The van der Waals surface area contributed by atoms with Gasteiger partial charge in [0.05, 0.1) is 0 Å². The van der Waals surface area contributed by atoms with Crippen LogP contribution in [0.3, 0.4) is 0 Å². The molecular weight excluding hydrogens is 270 g/mol. The highest BCUT2D eigenvalue weighted by atomic mass is 35.5. The Labute approximate surface area is 126 Å². The highest BCUT2D eigenvalue weighted by molar-refractivity contribution is 6.30. The Balaban J connectivity index is 1.98. The third kappa shape index (κ3) is 2.44. The van der Waals surface area contributed by atoms with E-state index in [1.165, 1.54) is 31.2 Å². The van der Waals surface area contributed by atoms with Crippen LogP contribution in [0.15, 0.2) is 18.2 Å². The second-order valence-corrected chi connectivity index (χ2v) is 6.75. The van der Waals surface area contributed by atoms with E-state index in [1.54, 1.807) is 0 Å². The van der Waals surface area contributed by atoms with Crippen molar-refractivity contribution in [2.45, 2.75) is 57.6 Å².